The molecule has 0 aliphatic carbocycles. The van der Waals surface area contributed by atoms with Crippen molar-refractivity contribution in [2.24, 2.45) is 5.92 Å². The third-order valence-electron chi connectivity index (χ3n) is 7.78. The van der Waals surface area contributed by atoms with E-state index in [0.29, 0.717) is 56.1 Å². The largest absolute Gasteiger partial charge is 0.385 e. The molecule has 4 aromatic rings. The molecule has 1 aromatic heterocycles. The number of hydrogen-bond donors (Lipinski definition) is 0. The number of likely N-dealkylation sites (tertiary alicyclic amines) is 1. The molecule has 3 aromatic carbocycles. The Morgan fingerprint density at radius 1 is 0.975 bits per heavy atom. The van der Waals surface area contributed by atoms with Gasteiger partial charge in [-0.25, -0.2) is 8.78 Å². The first kappa shape index (κ1) is 27.6. The number of piperidine rings is 1. The van der Waals surface area contributed by atoms with Gasteiger partial charge in [0.1, 0.15) is 11.6 Å². The molecule has 1 amide bonds. The van der Waals surface area contributed by atoms with Gasteiger partial charge in [0.25, 0.3) is 5.91 Å². The average molecular weight is 546 g/mol. The lowest BCUT2D eigenvalue weighted by Crippen LogP contribution is -2.39. The number of ketones is 1. The van der Waals surface area contributed by atoms with Crippen LogP contribution in [0.3, 0.4) is 0 Å². The minimum absolute atomic E-state index is 0.0469. The van der Waals surface area contributed by atoms with Crippen LogP contribution in [0.1, 0.15) is 52.0 Å². The van der Waals surface area contributed by atoms with Gasteiger partial charge in [0.2, 0.25) is 0 Å². The van der Waals surface area contributed by atoms with Crippen LogP contribution < -0.4 is 0 Å². The summed E-state index contributed by atoms with van der Waals surface area (Å²) in [6.07, 6.45) is 4.74. The van der Waals surface area contributed by atoms with E-state index in [1.165, 1.54) is 24.3 Å². The topological polar surface area (TPSA) is 64.4 Å². The quantitative estimate of drug-likeness (QED) is 0.179. The van der Waals surface area contributed by atoms with E-state index in [1.54, 1.807) is 30.2 Å². The van der Waals surface area contributed by atoms with Crippen molar-refractivity contribution in [2.45, 2.75) is 39.2 Å². The molecule has 8 heteroatoms. The van der Waals surface area contributed by atoms with Gasteiger partial charge in [-0.2, -0.15) is 5.10 Å². The monoisotopic (exact) mass is 545 g/mol. The Bertz CT molecular complexity index is 1520. The molecule has 40 heavy (non-hydrogen) atoms. The van der Waals surface area contributed by atoms with Crippen molar-refractivity contribution in [1.29, 1.82) is 0 Å². The number of aryl methyl sites for hydroxylation is 1. The van der Waals surface area contributed by atoms with Gasteiger partial charge in [-0.1, -0.05) is 18.2 Å². The molecule has 1 aliphatic rings. The SMILES string of the molecule is COCCCC(=O)c1ccc2nn(CC3CCN(C(=O)c4ccc(-c5ccc(F)cc5)cc4F)CC3)cc2c1C. The molecule has 0 saturated carbocycles. The molecule has 5 rings (SSSR count). The highest BCUT2D eigenvalue weighted by molar-refractivity contribution is 6.01. The highest BCUT2D eigenvalue weighted by Gasteiger charge is 2.26. The van der Waals surface area contributed by atoms with Gasteiger partial charge in [0, 0.05) is 56.9 Å². The van der Waals surface area contributed by atoms with Crippen LogP contribution in [-0.2, 0) is 11.3 Å². The van der Waals surface area contributed by atoms with E-state index in [0.717, 1.165) is 34.9 Å². The fourth-order valence-electron chi connectivity index (χ4n) is 5.45. The Kier molecular flexibility index (Phi) is 8.35. The first-order valence-electron chi connectivity index (χ1n) is 13.7. The number of fused-ring (bicyclic) bond motifs is 1. The Morgan fingerprint density at radius 2 is 1.68 bits per heavy atom. The molecule has 0 spiro atoms. The number of carbonyl (C=O) groups excluding carboxylic acids is 2. The molecule has 208 valence electrons. The fourth-order valence-corrected chi connectivity index (χ4v) is 5.45. The van der Waals surface area contributed by atoms with E-state index in [4.69, 9.17) is 9.84 Å². The lowest BCUT2D eigenvalue weighted by atomic mass is 9.96. The first-order chi connectivity index (χ1) is 19.3. The molecule has 0 N–H and O–H groups in total. The van der Waals surface area contributed by atoms with Crippen LogP contribution in [0, 0.1) is 24.5 Å². The van der Waals surface area contributed by atoms with Gasteiger partial charge in [-0.05, 0) is 85.2 Å². The Morgan fingerprint density at radius 3 is 2.38 bits per heavy atom. The third kappa shape index (κ3) is 5.97. The summed E-state index contributed by atoms with van der Waals surface area (Å²) >= 11 is 0. The second-order valence-corrected chi connectivity index (χ2v) is 10.5. The van der Waals surface area contributed by atoms with Crippen LogP contribution >= 0.6 is 0 Å². The van der Waals surface area contributed by atoms with Crippen molar-refractivity contribution in [3.63, 3.8) is 0 Å². The number of methoxy groups -OCH3 is 1. The first-order valence-corrected chi connectivity index (χ1v) is 13.7. The number of aromatic nitrogens is 2. The van der Waals surface area contributed by atoms with Crippen LogP contribution in [0.2, 0.25) is 0 Å². The number of ether oxygens (including phenoxy) is 1. The molecule has 0 atom stereocenters. The molecule has 6 nitrogen and oxygen atoms in total. The third-order valence-corrected chi connectivity index (χ3v) is 7.78. The second kappa shape index (κ2) is 12.1. The summed E-state index contributed by atoms with van der Waals surface area (Å²) in [5.74, 6) is -0.804. The minimum atomic E-state index is -0.580. The van der Waals surface area contributed by atoms with Crippen molar-refractivity contribution in [3.8, 4) is 11.1 Å². The van der Waals surface area contributed by atoms with Gasteiger partial charge in [0.15, 0.2) is 5.78 Å². The standard InChI is InChI=1S/C32H33F2N3O3/c1-21-26(31(38)4-3-17-40-2)11-12-30-28(21)20-37(35-30)19-22-13-15-36(16-14-22)32(39)27-10-7-24(18-29(27)34)23-5-8-25(33)9-6-23/h5-12,18,20,22H,3-4,13-17,19H2,1-2H3. The smallest absolute Gasteiger partial charge is 0.256 e. The molecule has 1 saturated heterocycles. The maximum atomic E-state index is 14.9. The van der Waals surface area contributed by atoms with E-state index >= 15 is 0 Å². The molecule has 0 radical (unpaired) electrons. The van der Waals surface area contributed by atoms with E-state index < -0.39 is 5.82 Å². The number of hydrogen-bond acceptors (Lipinski definition) is 4. The van der Waals surface area contributed by atoms with E-state index in [-0.39, 0.29) is 23.1 Å². The molecule has 0 unspecified atom stereocenters. The summed E-state index contributed by atoms with van der Waals surface area (Å²) in [5.41, 5.74) is 3.86. The second-order valence-electron chi connectivity index (χ2n) is 10.5. The molecular weight excluding hydrogens is 512 g/mol. The summed E-state index contributed by atoms with van der Waals surface area (Å²) in [7, 11) is 1.63. The zero-order valence-electron chi connectivity index (χ0n) is 22.8. The number of carbonyl (C=O) groups is 2. The fraction of sp³-hybridized carbons (Fsp3) is 0.344. The molecule has 1 fully saturated rings. The van der Waals surface area contributed by atoms with Gasteiger partial charge in [-0.15, -0.1) is 0 Å². The normalized spacial score (nSPS) is 14.2. The number of halogens is 2. The number of amides is 1. The van der Waals surface area contributed by atoms with Crippen LogP contribution in [0.15, 0.2) is 60.8 Å². The van der Waals surface area contributed by atoms with Crippen molar-refractivity contribution in [3.05, 3.63) is 89.1 Å². The van der Waals surface area contributed by atoms with Gasteiger partial charge < -0.3 is 9.64 Å². The van der Waals surface area contributed by atoms with Gasteiger partial charge in [-0.3, -0.25) is 14.3 Å². The van der Waals surface area contributed by atoms with Gasteiger partial charge >= 0.3 is 0 Å². The lowest BCUT2D eigenvalue weighted by molar-refractivity contribution is 0.0676. The molecule has 0 bridgehead atoms. The summed E-state index contributed by atoms with van der Waals surface area (Å²) in [5, 5.41) is 5.71. The molecular formula is C32H33F2N3O3. The number of rotatable bonds is 9. The lowest BCUT2D eigenvalue weighted by Gasteiger charge is -2.32. The number of nitrogens with zero attached hydrogens (tertiary/aromatic N) is 3. The predicted molar refractivity (Wildman–Crippen MR) is 150 cm³/mol. The Labute approximate surface area is 232 Å². The van der Waals surface area contributed by atoms with Crippen LogP contribution in [-0.4, -0.2) is 53.2 Å². The van der Waals surface area contributed by atoms with E-state index in [1.807, 2.05) is 29.9 Å². The summed E-state index contributed by atoms with van der Waals surface area (Å²) in [6, 6.07) is 14.1. The van der Waals surface area contributed by atoms with Crippen LogP contribution in [0.4, 0.5) is 8.78 Å². The van der Waals surface area contributed by atoms with E-state index in [2.05, 4.69) is 0 Å². The Hall–Kier alpha value is -3.91. The van der Waals surface area contributed by atoms with Gasteiger partial charge in [0.05, 0.1) is 11.1 Å². The zero-order valence-corrected chi connectivity index (χ0v) is 22.8. The maximum Gasteiger partial charge on any atom is 0.256 e. The van der Waals surface area contributed by atoms with Crippen molar-refractivity contribution in [2.75, 3.05) is 26.8 Å². The van der Waals surface area contributed by atoms with Crippen LogP contribution in [0.25, 0.3) is 22.0 Å². The summed E-state index contributed by atoms with van der Waals surface area (Å²) < 4.78 is 35.1. The average Bonchev–Trinajstić information content (AvgIpc) is 3.37. The summed E-state index contributed by atoms with van der Waals surface area (Å²) in [4.78, 5) is 27.5. The highest BCUT2D eigenvalue weighted by Crippen LogP contribution is 2.27. The number of benzene rings is 3. The van der Waals surface area contributed by atoms with Crippen molar-refractivity contribution in [1.82, 2.24) is 14.7 Å². The minimum Gasteiger partial charge on any atom is -0.385 e. The number of Topliss-reactive ketones (excluding diaryl/α,β-unsaturated/α-hetero) is 1. The zero-order chi connectivity index (χ0) is 28.2. The molecule has 2 heterocycles. The van der Waals surface area contributed by atoms with E-state index in [9.17, 15) is 18.4 Å². The van der Waals surface area contributed by atoms with Crippen molar-refractivity contribution < 1.29 is 23.1 Å². The molecule has 1 aliphatic heterocycles. The highest BCUT2D eigenvalue weighted by atomic mass is 19.1. The van der Waals surface area contributed by atoms with Crippen LogP contribution in [0.5, 0.6) is 0 Å². The van der Waals surface area contributed by atoms with Crippen molar-refractivity contribution >= 4 is 22.6 Å². The maximum absolute atomic E-state index is 14.9. The predicted octanol–water partition coefficient (Wildman–Crippen LogP) is 6.45. The Balaban J connectivity index is 1.20. The summed E-state index contributed by atoms with van der Waals surface area (Å²) in [6.45, 7) is 4.33.